The molecule has 0 saturated heterocycles. The monoisotopic (exact) mass is 360 g/mol. The zero-order valence-electron chi connectivity index (χ0n) is 14.2. The molecule has 0 aromatic heterocycles. The number of nitrogens with one attached hydrogen (secondary N) is 2. The van der Waals surface area contributed by atoms with Crippen molar-refractivity contribution in [2.24, 2.45) is 0 Å². The first kappa shape index (κ1) is 18.4. The molecule has 2 N–H and O–H groups in total. The number of amides is 1. The molecule has 3 nitrogen and oxygen atoms in total. The van der Waals surface area contributed by atoms with Crippen LogP contribution in [0.1, 0.15) is 42.3 Å². The first-order chi connectivity index (χ1) is 11.2. The van der Waals surface area contributed by atoms with Gasteiger partial charge in [0.1, 0.15) is 0 Å². The number of halogens is 1. The maximum Gasteiger partial charge on any atom is 0.257 e. The van der Waals surface area contributed by atoms with E-state index in [0.29, 0.717) is 10.6 Å². The fourth-order valence-electron chi connectivity index (χ4n) is 2.13. The minimum Gasteiger partial charge on any atom is -0.332 e. The Morgan fingerprint density at radius 2 is 1.71 bits per heavy atom. The molecule has 0 aliphatic heterocycles. The van der Waals surface area contributed by atoms with Crippen LogP contribution in [0.4, 0.5) is 5.69 Å². The van der Waals surface area contributed by atoms with Crippen molar-refractivity contribution in [2.75, 3.05) is 5.32 Å². The van der Waals surface area contributed by atoms with E-state index >= 15 is 0 Å². The number of hydrogen-bond donors (Lipinski definition) is 2. The van der Waals surface area contributed by atoms with Crippen molar-refractivity contribution in [1.82, 2.24) is 5.32 Å². The average molecular weight is 361 g/mol. The van der Waals surface area contributed by atoms with Gasteiger partial charge in [-0.15, -0.1) is 0 Å². The molecule has 0 saturated carbocycles. The highest BCUT2D eigenvalue weighted by atomic mass is 35.5. The Morgan fingerprint density at radius 1 is 1.08 bits per heavy atom. The fourth-order valence-corrected chi connectivity index (χ4v) is 2.52. The van der Waals surface area contributed by atoms with E-state index in [9.17, 15) is 4.79 Å². The van der Waals surface area contributed by atoms with E-state index in [0.717, 1.165) is 11.3 Å². The Morgan fingerprint density at radius 3 is 2.25 bits per heavy atom. The molecular weight excluding hydrogens is 340 g/mol. The van der Waals surface area contributed by atoms with Crippen LogP contribution in [-0.4, -0.2) is 11.0 Å². The smallest absolute Gasteiger partial charge is 0.257 e. The van der Waals surface area contributed by atoms with Gasteiger partial charge < -0.3 is 5.32 Å². The van der Waals surface area contributed by atoms with Gasteiger partial charge in [-0.05, 0) is 59.9 Å². The fraction of sp³-hybridized carbons (Fsp3) is 0.263. The average Bonchev–Trinajstić information content (AvgIpc) is 2.50. The molecule has 126 valence electrons. The van der Waals surface area contributed by atoms with Crippen LogP contribution in [-0.2, 0) is 5.41 Å². The third kappa shape index (κ3) is 4.79. The normalized spacial score (nSPS) is 11.0. The summed E-state index contributed by atoms with van der Waals surface area (Å²) in [5, 5.41) is 6.52. The molecule has 0 spiro atoms. The molecule has 0 bridgehead atoms. The Labute approximate surface area is 153 Å². The molecular formula is C19H21ClN2OS. The lowest BCUT2D eigenvalue weighted by Gasteiger charge is -2.19. The second-order valence-electron chi connectivity index (χ2n) is 6.70. The van der Waals surface area contributed by atoms with Crippen molar-refractivity contribution in [1.29, 1.82) is 0 Å². The molecule has 2 rings (SSSR count). The molecule has 24 heavy (non-hydrogen) atoms. The second kappa shape index (κ2) is 7.32. The maximum absolute atomic E-state index is 12.3. The zero-order chi connectivity index (χ0) is 17.9. The molecule has 0 unspecified atom stereocenters. The quantitative estimate of drug-likeness (QED) is 0.734. The summed E-state index contributed by atoms with van der Waals surface area (Å²) in [4.78, 5) is 12.3. The Bertz CT molecular complexity index is 764. The molecule has 0 aliphatic carbocycles. The van der Waals surface area contributed by atoms with Crippen molar-refractivity contribution in [2.45, 2.75) is 33.1 Å². The molecule has 0 radical (unpaired) electrons. The topological polar surface area (TPSA) is 41.1 Å². The van der Waals surface area contributed by atoms with Crippen LogP contribution in [0.15, 0.2) is 42.5 Å². The second-order valence-corrected chi connectivity index (χ2v) is 7.52. The van der Waals surface area contributed by atoms with E-state index in [1.165, 1.54) is 5.56 Å². The summed E-state index contributed by atoms with van der Waals surface area (Å²) in [6.07, 6.45) is 0. The summed E-state index contributed by atoms with van der Waals surface area (Å²) in [5.74, 6) is -0.244. The number of anilines is 1. The number of rotatable bonds is 2. The van der Waals surface area contributed by atoms with Gasteiger partial charge in [0.05, 0.1) is 0 Å². The summed E-state index contributed by atoms with van der Waals surface area (Å²) >= 11 is 11.3. The van der Waals surface area contributed by atoms with Gasteiger partial charge in [-0.25, -0.2) is 0 Å². The van der Waals surface area contributed by atoms with Crippen molar-refractivity contribution in [3.8, 4) is 0 Å². The number of aryl methyl sites for hydroxylation is 1. The molecule has 2 aromatic carbocycles. The Kier molecular flexibility index (Phi) is 5.62. The van der Waals surface area contributed by atoms with Gasteiger partial charge in [0, 0.05) is 16.3 Å². The van der Waals surface area contributed by atoms with Gasteiger partial charge in [-0.3, -0.25) is 10.1 Å². The Hall–Kier alpha value is -1.91. The van der Waals surface area contributed by atoms with Crippen LogP contribution in [0, 0.1) is 6.92 Å². The maximum atomic E-state index is 12.3. The lowest BCUT2D eigenvalue weighted by molar-refractivity contribution is 0.0977. The minimum atomic E-state index is -0.244. The van der Waals surface area contributed by atoms with Crippen LogP contribution in [0.2, 0.25) is 5.02 Å². The van der Waals surface area contributed by atoms with Crippen molar-refractivity contribution in [3.05, 3.63) is 64.2 Å². The molecule has 5 heteroatoms. The van der Waals surface area contributed by atoms with E-state index in [4.69, 9.17) is 23.8 Å². The number of carbonyl (C=O) groups excluding carboxylic acids is 1. The Balaban J connectivity index is 2.00. The van der Waals surface area contributed by atoms with E-state index in [1.54, 1.807) is 18.2 Å². The summed E-state index contributed by atoms with van der Waals surface area (Å²) in [5.41, 5.74) is 3.51. The number of hydrogen-bond acceptors (Lipinski definition) is 2. The summed E-state index contributed by atoms with van der Waals surface area (Å²) in [6.45, 7) is 8.32. The van der Waals surface area contributed by atoms with Crippen LogP contribution < -0.4 is 10.6 Å². The van der Waals surface area contributed by atoms with E-state index in [2.05, 4.69) is 31.4 Å². The lowest BCUT2D eigenvalue weighted by atomic mass is 9.87. The number of carbonyl (C=O) groups is 1. The molecule has 0 heterocycles. The number of thiocarbonyl (C=S) groups is 1. The minimum absolute atomic E-state index is 0.0522. The third-order valence-electron chi connectivity index (χ3n) is 3.67. The first-order valence-electron chi connectivity index (χ1n) is 7.66. The standard InChI is InChI=1S/C19H21ClN2OS/c1-12-5-10-15(11-16(12)20)21-18(24)22-17(23)13-6-8-14(9-7-13)19(2,3)4/h5-11H,1-4H3,(H2,21,22,23,24). The zero-order valence-corrected chi connectivity index (χ0v) is 15.8. The number of benzene rings is 2. The van der Waals surface area contributed by atoms with Crippen molar-refractivity contribution in [3.63, 3.8) is 0 Å². The summed E-state index contributed by atoms with van der Waals surface area (Å²) < 4.78 is 0. The summed E-state index contributed by atoms with van der Waals surface area (Å²) in [7, 11) is 0. The van der Waals surface area contributed by atoms with Gasteiger partial charge in [-0.2, -0.15) is 0 Å². The van der Waals surface area contributed by atoms with E-state index in [-0.39, 0.29) is 16.4 Å². The van der Waals surface area contributed by atoms with Gasteiger partial charge in [0.25, 0.3) is 5.91 Å². The van der Waals surface area contributed by atoms with Crippen LogP contribution >= 0.6 is 23.8 Å². The van der Waals surface area contributed by atoms with Gasteiger partial charge in [-0.1, -0.05) is 50.6 Å². The SMILES string of the molecule is Cc1ccc(NC(=S)NC(=O)c2ccc(C(C)(C)C)cc2)cc1Cl. The largest absolute Gasteiger partial charge is 0.332 e. The van der Waals surface area contributed by atoms with Gasteiger partial charge >= 0.3 is 0 Å². The highest BCUT2D eigenvalue weighted by molar-refractivity contribution is 7.80. The van der Waals surface area contributed by atoms with Crippen LogP contribution in [0.5, 0.6) is 0 Å². The molecule has 0 aliphatic rings. The van der Waals surface area contributed by atoms with E-state index in [1.807, 2.05) is 31.2 Å². The molecule has 2 aromatic rings. The van der Waals surface area contributed by atoms with Crippen molar-refractivity contribution >= 4 is 40.5 Å². The first-order valence-corrected chi connectivity index (χ1v) is 8.44. The molecule has 1 amide bonds. The van der Waals surface area contributed by atoms with Gasteiger partial charge in [0.2, 0.25) is 0 Å². The van der Waals surface area contributed by atoms with E-state index < -0.39 is 0 Å². The third-order valence-corrected chi connectivity index (χ3v) is 4.28. The lowest BCUT2D eigenvalue weighted by Crippen LogP contribution is -2.34. The summed E-state index contributed by atoms with van der Waals surface area (Å²) in [6, 6.07) is 13.1. The molecule has 0 atom stereocenters. The highest BCUT2D eigenvalue weighted by Gasteiger charge is 2.14. The molecule has 0 fully saturated rings. The van der Waals surface area contributed by atoms with Crippen molar-refractivity contribution < 1.29 is 4.79 Å². The van der Waals surface area contributed by atoms with Crippen LogP contribution in [0.3, 0.4) is 0 Å². The predicted molar refractivity (Wildman–Crippen MR) is 105 cm³/mol. The predicted octanol–water partition coefficient (Wildman–Crippen LogP) is 5.07. The highest BCUT2D eigenvalue weighted by Crippen LogP contribution is 2.22. The van der Waals surface area contributed by atoms with Crippen LogP contribution in [0.25, 0.3) is 0 Å². The van der Waals surface area contributed by atoms with Gasteiger partial charge in [0.15, 0.2) is 5.11 Å².